The van der Waals surface area contributed by atoms with E-state index in [2.05, 4.69) is 41.3 Å². The average molecular weight is 392 g/mol. The molecule has 4 rings (SSSR count). The number of carboxylic acid groups (broad SMARTS) is 1. The van der Waals surface area contributed by atoms with E-state index in [1.807, 2.05) is 42.5 Å². The van der Waals surface area contributed by atoms with Crippen molar-refractivity contribution in [3.63, 3.8) is 0 Å². The highest BCUT2D eigenvalue weighted by Gasteiger charge is 2.36. The van der Waals surface area contributed by atoms with Gasteiger partial charge in [-0.2, -0.15) is 0 Å². The van der Waals surface area contributed by atoms with Crippen molar-refractivity contribution >= 4 is 17.6 Å². The van der Waals surface area contributed by atoms with Crippen molar-refractivity contribution in [3.05, 3.63) is 95.0 Å². The van der Waals surface area contributed by atoms with E-state index in [1.54, 1.807) is 0 Å². The maximum Gasteiger partial charge on any atom is 0.320 e. The SMILES string of the molecule is O=C(O)C1CCCN1C(c1ccc(-c2ccccc2)cc1)c1cccc(Cl)c1. The second kappa shape index (κ2) is 8.17. The minimum Gasteiger partial charge on any atom is -0.480 e. The molecule has 0 amide bonds. The number of nitrogens with zero attached hydrogens (tertiary/aromatic N) is 1. The van der Waals surface area contributed by atoms with Crippen LogP contribution < -0.4 is 0 Å². The Balaban J connectivity index is 1.74. The van der Waals surface area contributed by atoms with E-state index in [9.17, 15) is 9.90 Å². The molecular weight excluding hydrogens is 370 g/mol. The molecule has 1 heterocycles. The lowest BCUT2D eigenvalue weighted by Crippen LogP contribution is -2.39. The molecule has 28 heavy (non-hydrogen) atoms. The van der Waals surface area contributed by atoms with Crippen LogP contribution in [0.2, 0.25) is 5.02 Å². The predicted octanol–water partition coefficient (Wildman–Crippen LogP) is 5.65. The second-order valence-electron chi connectivity index (χ2n) is 7.18. The van der Waals surface area contributed by atoms with E-state index >= 15 is 0 Å². The highest BCUT2D eigenvalue weighted by molar-refractivity contribution is 6.30. The number of hydrogen-bond donors (Lipinski definition) is 1. The maximum atomic E-state index is 11.8. The zero-order valence-corrected chi connectivity index (χ0v) is 16.2. The topological polar surface area (TPSA) is 40.5 Å². The standard InChI is InChI=1S/C24H22ClNO2/c25-21-9-4-8-20(16-21)23(26-15-5-10-22(26)24(27)28)19-13-11-18(12-14-19)17-6-2-1-3-7-17/h1-4,6-9,11-14,16,22-23H,5,10,15H2,(H,27,28). The smallest absolute Gasteiger partial charge is 0.320 e. The van der Waals surface area contributed by atoms with E-state index in [0.717, 1.165) is 35.2 Å². The van der Waals surface area contributed by atoms with Gasteiger partial charge in [0.05, 0.1) is 6.04 Å². The van der Waals surface area contributed by atoms with Crippen LogP contribution in [-0.2, 0) is 4.79 Å². The highest BCUT2D eigenvalue weighted by atomic mass is 35.5. The van der Waals surface area contributed by atoms with Crippen molar-refractivity contribution in [3.8, 4) is 11.1 Å². The number of aliphatic carboxylic acids is 1. The molecule has 142 valence electrons. The van der Waals surface area contributed by atoms with E-state index in [1.165, 1.54) is 0 Å². The molecule has 1 N–H and O–H groups in total. The molecule has 4 heteroatoms. The van der Waals surface area contributed by atoms with Crippen LogP contribution in [0.25, 0.3) is 11.1 Å². The van der Waals surface area contributed by atoms with Crippen LogP contribution in [0.3, 0.4) is 0 Å². The summed E-state index contributed by atoms with van der Waals surface area (Å²) in [6.07, 6.45) is 1.56. The van der Waals surface area contributed by atoms with Crippen LogP contribution in [0, 0.1) is 0 Å². The van der Waals surface area contributed by atoms with Crippen LogP contribution >= 0.6 is 11.6 Å². The summed E-state index contributed by atoms with van der Waals surface area (Å²) < 4.78 is 0. The lowest BCUT2D eigenvalue weighted by molar-refractivity contribution is -0.142. The summed E-state index contributed by atoms with van der Waals surface area (Å²) in [5.74, 6) is -0.759. The number of halogens is 1. The molecule has 1 aliphatic rings. The minimum absolute atomic E-state index is 0.132. The largest absolute Gasteiger partial charge is 0.480 e. The maximum absolute atomic E-state index is 11.8. The monoisotopic (exact) mass is 391 g/mol. The Kier molecular flexibility index (Phi) is 5.47. The predicted molar refractivity (Wildman–Crippen MR) is 113 cm³/mol. The van der Waals surface area contributed by atoms with Gasteiger partial charge in [0.2, 0.25) is 0 Å². The van der Waals surface area contributed by atoms with Gasteiger partial charge < -0.3 is 5.11 Å². The fraction of sp³-hybridized carbons (Fsp3) is 0.208. The molecule has 3 aromatic rings. The fourth-order valence-electron chi connectivity index (χ4n) is 4.10. The van der Waals surface area contributed by atoms with Gasteiger partial charge in [0.15, 0.2) is 0 Å². The Morgan fingerprint density at radius 2 is 1.64 bits per heavy atom. The van der Waals surface area contributed by atoms with Gasteiger partial charge in [0.25, 0.3) is 0 Å². The zero-order valence-electron chi connectivity index (χ0n) is 15.5. The van der Waals surface area contributed by atoms with E-state index in [4.69, 9.17) is 11.6 Å². The molecule has 1 fully saturated rings. The molecule has 3 aromatic carbocycles. The third kappa shape index (κ3) is 3.82. The first-order valence-electron chi connectivity index (χ1n) is 9.53. The Hall–Kier alpha value is -2.62. The van der Waals surface area contributed by atoms with Crippen molar-refractivity contribution < 1.29 is 9.90 Å². The van der Waals surface area contributed by atoms with Crippen molar-refractivity contribution in [2.24, 2.45) is 0 Å². The first-order chi connectivity index (χ1) is 13.6. The molecule has 2 atom stereocenters. The van der Waals surface area contributed by atoms with Crippen LogP contribution in [-0.4, -0.2) is 28.6 Å². The lowest BCUT2D eigenvalue weighted by Gasteiger charge is -2.32. The average Bonchev–Trinajstić information content (AvgIpc) is 3.19. The van der Waals surface area contributed by atoms with Gasteiger partial charge in [-0.3, -0.25) is 9.69 Å². The molecule has 0 radical (unpaired) electrons. The Morgan fingerprint density at radius 3 is 2.32 bits per heavy atom. The number of rotatable bonds is 5. The molecule has 1 aliphatic heterocycles. The minimum atomic E-state index is -0.759. The Bertz CT molecular complexity index is 956. The summed E-state index contributed by atoms with van der Waals surface area (Å²) in [5, 5.41) is 10.4. The van der Waals surface area contributed by atoms with Gasteiger partial charge in [-0.1, -0.05) is 78.3 Å². The van der Waals surface area contributed by atoms with Crippen molar-refractivity contribution in [1.82, 2.24) is 4.90 Å². The summed E-state index contributed by atoms with van der Waals surface area (Å²) in [6.45, 7) is 0.759. The van der Waals surface area contributed by atoms with Gasteiger partial charge in [-0.05, 0) is 47.2 Å². The van der Waals surface area contributed by atoms with Crippen LogP contribution in [0.4, 0.5) is 0 Å². The number of benzene rings is 3. The zero-order chi connectivity index (χ0) is 19.5. The molecule has 0 aromatic heterocycles. The van der Waals surface area contributed by atoms with Gasteiger partial charge in [0, 0.05) is 11.6 Å². The number of carbonyl (C=O) groups is 1. The lowest BCUT2D eigenvalue weighted by atomic mass is 9.94. The molecule has 0 spiro atoms. The Labute approximate surface area is 170 Å². The summed E-state index contributed by atoms with van der Waals surface area (Å²) in [4.78, 5) is 13.9. The summed E-state index contributed by atoms with van der Waals surface area (Å²) in [5.41, 5.74) is 4.41. The van der Waals surface area contributed by atoms with Crippen LogP contribution in [0.5, 0.6) is 0 Å². The van der Waals surface area contributed by atoms with Crippen molar-refractivity contribution in [2.75, 3.05) is 6.54 Å². The molecule has 0 saturated carbocycles. The van der Waals surface area contributed by atoms with Crippen LogP contribution in [0.1, 0.15) is 30.0 Å². The third-order valence-electron chi connectivity index (χ3n) is 5.41. The number of carboxylic acids is 1. The van der Waals surface area contributed by atoms with Gasteiger partial charge >= 0.3 is 5.97 Å². The molecule has 2 unspecified atom stereocenters. The summed E-state index contributed by atoms with van der Waals surface area (Å²) in [7, 11) is 0. The first-order valence-corrected chi connectivity index (χ1v) is 9.90. The molecule has 0 aliphatic carbocycles. The number of hydrogen-bond acceptors (Lipinski definition) is 2. The van der Waals surface area contributed by atoms with Crippen LogP contribution in [0.15, 0.2) is 78.9 Å². The van der Waals surface area contributed by atoms with E-state index in [-0.39, 0.29) is 6.04 Å². The Morgan fingerprint density at radius 1 is 0.929 bits per heavy atom. The van der Waals surface area contributed by atoms with E-state index < -0.39 is 12.0 Å². The number of likely N-dealkylation sites (tertiary alicyclic amines) is 1. The normalized spacial score (nSPS) is 18.1. The van der Waals surface area contributed by atoms with Crippen molar-refractivity contribution in [1.29, 1.82) is 0 Å². The molecule has 0 bridgehead atoms. The third-order valence-corrected chi connectivity index (χ3v) is 5.64. The van der Waals surface area contributed by atoms with Gasteiger partial charge in [-0.15, -0.1) is 0 Å². The van der Waals surface area contributed by atoms with Crippen molar-refractivity contribution in [2.45, 2.75) is 24.9 Å². The van der Waals surface area contributed by atoms with E-state index in [0.29, 0.717) is 11.4 Å². The van der Waals surface area contributed by atoms with Gasteiger partial charge in [-0.25, -0.2) is 0 Å². The molecular formula is C24H22ClNO2. The summed E-state index contributed by atoms with van der Waals surface area (Å²) in [6, 6.07) is 25.8. The summed E-state index contributed by atoms with van der Waals surface area (Å²) >= 11 is 6.25. The van der Waals surface area contributed by atoms with Gasteiger partial charge in [0.1, 0.15) is 6.04 Å². The first kappa shape index (κ1) is 18.7. The fourth-order valence-corrected chi connectivity index (χ4v) is 4.30. The second-order valence-corrected chi connectivity index (χ2v) is 7.62. The molecule has 3 nitrogen and oxygen atoms in total. The quantitative estimate of drug-likeness (QED) is 0.611. The highest BCUT2D eigenvalue weighted by Crippen LogP contribution is 2.36. The molecule has 1 saturated heterocycles.